The molecular formula is C13H10F6N2O. The van der Waals surface area contributed by atoms with E-state index in [1.165, 1.54) is 12.1 Å². The van der Waals surface area contributed by atoms with Crippen LogP contribution >= 0.6 is 0 Å². The Labute approximate surface area is 120 Å². The maximum Gasteiger partial charge on any atom is 0.430 e. The van der Waals surface area contributed by atoms with Crippen LogP contribution in [0.4, 0.5) is 37.7 Å². The van der Waals surface area contributed by atoms with Gasteiger partial charge in [-0.2, -0.15) is 26.3 Å². The van der Waals surface area contributed by atoms with E-state index in [1.54, 1.807) is 0 Å². The molecule has 0 saturated heterocycles. The first-order valence-electron chi connectivity index (χ1n) is 5.84. The lowest BCUT2D eigenvalue weighted by atomic mass is 9.87. The van der Waals surface area contributed by atoms with Crippen molar-refractivity contribution in [2.24, 2.45) is 0 Å². The van der Waals surface area contributed by atoms with Gasteiger partial charge in [-0.1, -0.05) is 18.2 Å². The number of hydrogen-bond acceptors (Lipinski definition) is 3. The number of fused-ring (bicyclic) bond motifs is 1. The highest BCUT2D eigenvalue weighted by Gasteiger charge is 2.71. The van der Waals surface area contributed by atoms with Crippen LogP contribution in [0.3, 0.4) is 0 Å². The Kier molecular flexibility index (Phi) is 3.44. The number of nitrogen functional groups attached to an aromatic ring is 2. The van der Waals surface area contributed by atoms with Gasteiger partial charge in [-0.15, -0.1) is 0 Å². The number of alkyl halides is 6. The maximum atomic E-state index is 13.0. The molecule has 0 spiro atoms. The number of rotatable bonds is 1. The van der Waals surface area contributed by atoms with Crippen LogP contribution in [0.5, 0.6) is 0 Å². The van der Waals surface area contributed by atoms with Gasteiger partial charge in [-0.05, 0) is 17.5 Å². The lowest BCUT2D eigenvalue weighted by Crippen LogP contribution is -2.54. The van der Waals surface area contributed by atoms with Crippen molar-refractivity contribution in [3.05, 3.63) is 35.9 Å². The molecule has 9 heteroatoms. The molecule has 0 unspecified atom stereocenters. The van der Waals surface area contributed by atoms with Crippen LogP contribution in [0.25, 0.3) is 10.8 Å². The minimum Gasteiger partial charge on any atom is -0.398 e. The highest BCUT2D eigenvalue weighted by atomic mass is 19.4. The van der Waals surface area contributed by atoms with E-state index in [1.807, 2.05) is 0 Å². The number of aliphatic hydroxyl groups is 1. The fourth-order valence-corrected chi connectivity index (χ4v) is 2.24. The third kappa shape index (κ3) is 2.12. The minimum absolute atomic E-state index is 0.0939. The Morgan fingerprint density at radius 1 is 0.773 bits per heavy atom. The molecule has 5 N–H and O–H groups in total. The molecular weight excluding hydrogens is 314 g/mol. The summed E-state index contributed by atoms with van der Waals surface area (Å²) in [7, 11) is 0. The van der Waals surface area contributed by atoms with Crippen molar-refractivity contribution in [3.63, 3.8) is 0 Å². The Morgan fingerprint density at radius 2 is 1.27 bits per heavy atom. The van der Waals surface area contributed by atoms with Crippen molar-refractivity contribution in [2.75, 3.05) is 11.5 Å². The van der Waals surface area contributed by atoms with E-state index >= 15 is 0 Å². The Bertz CT molecular complexity index is 701. The van der Waals surface area contributed by atoms with Crippen LogP contribution in [0.1, 0.15) is 5.56 Å². The molecule has 2 aromatic carbocycles. The van der Waals surface area contributed by atoms with Gasteiger partial charge in [0.15, 0.2) is 0 Å². The quantitative estimate of drug-likeness (QED) is 0.557. The first kappa shape index (κ1) is 16.2. The van der Waals surface area contributed by atoms with Gasteiger partial charge in [0, 0.05) is 22.3 Å². The van der Waals surface area contributed by atoms with Crippen LogP contribution in [0.2, 0.25) is 0 Å². The molecule has 0 radical (unpaired) electrons. The lowest BCUT2D eigenvalue weighted by Gasteiger charge is -2.33. The van der Waals surface area contributed by atoms with Crippen LogP contribution in [0, 0.1) is 0 Å². The van der Waals surface area contributed by atoms with Crippen LogP contribution in [-0.2, 0) is 5.60 Å². The van der Waals surface area contributed by atoms with Gasteiger partial charge in [0.1, 0.15) is 0 Å². The number of benzene rings is 2. The number of halogens is 6. The summed E-state index contributed by atoms with van der Waals surface area (Å²) in [6.07, 6.45) is -11.9. The molecule has 2 rings (SSSR count). The first-order valence-corrected chi connectivity index (χ1v) is 5.84. The van der Waals surface area contributed by atoms with Crippen LogP contribution in [0.15, 0.2) is 30.3 Å². The van der Waals surface area contributed by atoms with Gasteiger partial charge < -0.3 is 16.6 Å². The number of hydrogen-bond donors (Lipinski definition) is 3. The fourth-order valence-electron chi connectivity index (χ4n) is 2.24. The van der Waals surface area contributed by atoms with Crippen LogP contribution in [-0.4, -0.2) is 17.5 Å². The van der Waals surface area contributed by atoms with Crippen molar-refractivity contribution in [1.82, 2.24) is 0 Å². The van der Waals surface area contributed by atoms with E-state index in [9.17, 15) is 31.4 Å². The second-order valence-electron chi connectivity index (χ2n) is 4.68. The average Bonchev–Trinajstić information content (AvgIpc) is 2.35. The molecule has 22 heavy (non-hydrogen) atoms. The largest absolute Gasteiger partial charge is 0.430 e. The molecule has 0 aromatic heterocycles. The molecule has 0 amide bonds. The molecule has 0 saturated carbocycles. The predicted molar refractivity (Wildman–Crippen MR) is 68.8 cm³/mol. The number of anilines is 2. The minimum atomic E-state index is -5.97. The SMILES string of the molecule is Nc1cccc2c(C(O)(C(F)(F)F)C(F)(F)F)ccc(N)c12. The zero-order chi connectivity index (χ0) is 16.9. The standard InChI is InChI=1S/C13H10F6N2O/c14-12(15,16)11(22,13(17,18)19)7-4-5-9(21)10-6(7)2-1-3-8(10)20/h1-5,22H,20-21H2. The van der Waals surface area contributed by atoms with E-state index < -0.39 is 28.9 Å². The summed E-state index contributed by atoms with van der Waals surface area (Å²) in [6.45, 7) is 0. The normalized spacial score (nSPS) is 13.6. The molecule has 0 aliphatic heterocycles. The summed E-state index contributed by atoms with van der Waals surface area (Å²) in [4.78, 5) is 0. The average molecular weight is 324 g/mol. The second kappa shape index (κ2) is 4.67. The zero-order valence-electron chi connectivity index (χ0n) is 10.8. The molecule has 2 aromatic rings. The Morgan fingerprint density at radius 3 is 1.77 bits per heavy atom. The van der Waals surface area contributed by atoms with E-state index in [0.717, 1.165) is 12.1 Å². The molecule has 0 atom stereocenters. The van der Waals surface area contributed by atoms with Crippen LogP contribution < -0.4 is 11.5 Å². The van der Waals surface area contributed by atoms with Gasteiger partial charge in [0.25, 0.3) is 5.60 Å². The van der Waals surface area contributed by atoms with Gasteiger partial charge in [0.2, 0.25) is 0 Å². The van der Waals surface area contributed by atoms with Crippen molar-refractivity contribution in [1.29, 1.82) is 0 Å². The summed E-state index contributed by atoms with van der Waals surface area (Å²) in [5.41, 5.74) is 4.54. The summed E-state index contributed by atoms with van der Waals surface area (Å²) in [6, 6.07) is 4.78. The van der Waals surface area contributed by atoms with E-state index in [-0.39, 0.29) is 16.8 Å². The summed E-state index contributed by atoms with van der Waals surface area (Å²) in [5, 5.41) is 8.81. The van der Waals surface area contributed by atoms with E-state index in [0.29, 0.717) is 6.07 Å². The third-order valence-corrected chi connectivity index (χ3v) is 3.32. The second-order valence-corrected chi connectivity index (χ2v) is 4.68. The Hall–Kier alpha value is -2.16. The third-order valence-electron chi connectivity index (χ3n) is 3.32. The Balaban J connectivity index is 2.95. The molecule has 3 nitrogen and oxygen atoms in total. The van der Waals surface area contributed by atoms with Crippen molar-refractivity contribution < 1.29 is 31.4 Å². The van der Waals surface area contributed by atoms with Gasteiger partial charge in [0.05, 0.1) is 0 Å². The van der Waals surface area contributed by atoms with E-state index in [4.69, 9.17) is 11.5 Å². The first-order chi connectivity index (χ1) is 9.91. The fraction of sp³-hybridized carbons (Fsp3) is 0.231. The lowest BCUT2D eigenvalue weighted by molar-refractivity contribution is -0.375. The number of nitrogens with two attached hydrogens (primary N) is 2. The van der Waals surface area contributed by atoms with Gasteiger partial charge in [-0.3, -0.25) is 0 Å². The summed E-state index contributed by atoms with van der Waals surface area (Å²) < 4.78 is 77.9. The zero-order valence-corrected chi connectivity index (χ0v) is 10.8. The molecule has 0 aliphatic rings. The molecule has 0 aliphatic carbocycles. The van der Waals surface area contributed by atoms with Crippen molar-refractivity contribution >= 4 is 22.1 Å². The summed E-state index contributed by atoms with van der Waals surface area (Å²) >= 11 is 0. The maximum absolute atomic E-state index is 13.0. The van der Waals surface area contributed by atoms with Gasteiger partial charge in [-0.25, -0.2) is 0 Å². The molecule has 0 bridgehead atoms. The summed E-state index contributed by atoms with van der Waals surface area (Å²) in [5.74, 6) is 0. The molecule has 0 heterocycles. The predicted octanol–water partition coefficient (Wildman–Crippen LogP) is 3.32. The van der Waals surface area contributed by atoms with Crippen molar-refractivity contribution in [2.45, 2.75) is 18.0 Å². The smallest absolute Gasteiger partial charge is 0.398 e. The monoisotopic (exact) mass is 324 g/mol. The molecule has 120 valence electrons. The highest BCUT2D eigenvalue weighted by Crippen LogP contribution is 2.52. The topological polar surface area (TPSA) is 72.3 Å². The highest BCUT2D eigenvalue weighted by molar-refractivity contribution is 6.03. The molecule has 0 fully saturated rings. The van der Waals surface area contributed by atoms with Gasteiger partial charge >= 0.3 is 12.4 Å². The van der Waals surface area contributed by atoms with E-state index in [2.05, 4.69) is 0 Å². The van der Waals surface area contributed by atoms with Crippen molar-refractivity contribution in [3.8, 4) is 0 Å².